The van der Waals surface area contributed by atoms with Crippen molar-refractivity contribution in [2.24, 2.45) is 0 Å². The SMILES string of the molecule is Cl.Cl.Oc1ccc([C@H](CC(F)(F)F)N2CCNCC2)c(O)c1. The van der Waals surface area contributed by atoms with E-state index in [1.165, 1.54) is 12.1 Å². The van der Waals surface area contributed by atoms with Crippen molar-refractivity contribution >= 4 is 24.8 Å². The van der Waals surface area contributed by atoms with Gasteiger partial charge in [0.15, 0.2) is 0 Å². The highest BCUT2D eigenvalue weighted by Crippen LogP contribution is 2.38. The van der Waals surface area contributed by atoms with Gasteiger partial charge >= 0.3 is 6.18 Å². The molecule has 3 N–H and O–H groups in total. The fourth-order valence-electron chi connectivity index (χ4n) is 2.46. The van der Waals surface area contributed by atoms with Gasteiger partial charge in [-0.15, -0.1) is 24.8 Å². The Kier molecular flexibility index (Phi) is 8.32. The van der Waals surface area contributed by atoms with E-state index in [0.29, 0.717) is 26.2 Å². The molecule has 1 atom stereocenters. The van der Waals surface area contributed by atoms with E-state index in [2.05, 4.69) is 5.32 Å². The van der Waals surface area contributed by atoms with Crippen LogP contribution in [0.3, 0.4) is 0 Å². The number of piperazine rings is 1. The van der Waals surface area contributed by atoms with Gasteiger partial charge in [0.2, 0.25) is 0 Å². The zero-order valence-corrected chi connectivity index (χ0v) is 13.3. The van der Waals surface area contributed by atoms with E-state index in [9.17, 15) is 23.4 Å². The first kappa shape index (κ1) is 21.1. The van der Waals surface area contributed by atoms with Gasteiger partial charge in [0, 0.05) is 43.9 Å². The summed E-state index contributed by atoms with van der Waals surface area (Å²) in [6.07, 6.45) is -5.34. The minimum absolute atomic E-state index is 0. The zero-order valence-electron chi connectivity index (χ0n) is 11.6. The highest BCUT2D eigenvalue weighted by Gasteiger charge is 2.37. The standard InChI is InChI=1S/C13H17F3N2O2.2ClH/c14-13(15,16)8-11(18-5-3-17-4-6-18)10-2-1-9(19)7-12(10)20;;/h1-2,7,11,17,19-20H,3-6,8H2;2*1H/t11-;;/m0../s1. The molecule has 1 aromatic carbocycles. The Morgan fingerprint density at radius 2 is 1.73 bits per heavy atom. The van der Waals surface area contributed by atoms with Gasteiger partial charge in [-0.2, -0.15) is 13.2 Å². The molecular formula is C13H19Cl2F3N2O2. The van der Waals surface area contributed by atoms with Crippen LogP contribution in [0, 0.1) is 0 Å². The van der Waals surface area contributed by atoms with Gasteiger partial charge in [-0.05, 0) is 6.07 Å². The van der Waals surface area contributed by atoms with Crippen LogP contribution in [0.4, 0.5) is 13.2 Å². The van der Waals surface area contributed by atoms with E-state index in [-0.39, 0.29) is 41.9 Å². The molecule has 1 aliphatic rings. The molecule has 1 heterocycles. The third kappa shape index (κ3) is 5.72. The first-order valence-corrected chi connectivity index (χ1v) is 6.40. The number of hydrogen-bond acceptors (Lipinski definition) is 4. The lowest BCUT2D eigenvalue weighted by atomic mass is 9.99. The van der Waals surface area contributed by atoms with Crippen molar-refractivity contribution in [3.05, 3.63) is 23.8 Å². The zero-order chi connectivity index (χ0) is 14.8. The van der Waals surface area contributed by atoms with Crippen molar-refractivity contribution in [2.45, 2.75) is 18.6 Å². The van der Waals surface area contributed by atoms with E-state index >= 15 is 0 Å². The summed E-state index contributed by atoms with van der Waals surface area (Å²) < 4.78 is 38.4. The summed E-state index contributed by atoms with van der Waals surface area (Å²) in [7, 11) is 0. The van der Waals surface area contributed by atoms with Crippen molar-refractivity contribution in [1.29, 1.82) is 0 Å². The van der Waals surface area contributed by atoms with Crippen molar-refractivity contribution in [2.75, 3.05) is 26.2 Å². The van der Waals surface area contributed by atoms with Crippen LogP contribution >= 0.6 is 24.8 Å². The predicted octanol–water partition coefficient (Wildman–Crippen LogP) is 2.84. The van der Waals surface area contributed by atoms with E-state index in [0.717, 1.165) is 6.07 Å². The molecule has 0 saturated carbocycles. The van der Waals surface area contributed by atoms with Gasteiger partial charge in [0.25, 0.3) is 0 Å². The van der Waals surface area contributed by atoms with Gasteiger partial charge in [-0.3, -0.25) is 4.90 Å². The summed E-state index contributed by atoms with van der Waals surface area (Å²) in [4.78, 5) is 1.70. The third-order valence-corrected chi connectivity index (χ3v) is 3.39. The molecule has 128 valence electrons. The molecule has 2 rings (SSSR count). The van der Waals surface area contributed by atoms with Gasteiger partial charge in [0.05, 0.1) is 6.42 Å². The van der Waals surface area contributed by atoms with Gasteiger partial charge < -0.3 is 15.5 Å². The van der Waals surface area contributed by atoms with Crippen molar-refractivity contribution in [3.8, 4) is 11.5 Å². The number of hydrogen-bond donors (Lipinski definition) is 3. The molecule has 0 amide bonds. The molecule has 0 aromatic heterocycles. The molecule has 0 unspecified atom stereocenters. The molecule has 0 spiro atoms. The number of rotatable bonds is 3. The highest BCUT2D eigenvalue weighted by atomic mass is 35.5. The van der Waals surface area contributed by atoms with Crippen LogP contribution in [-0.2, 0) is 0 Å². The topological polar surface area (TPSA) is 55.7 Å². The average Bonchev–Trinajstić information content (AvgIpc) is 2.36. The molecule has 0 aliphatic carbocycles. The molecular weight excluding hydrogens is 344 g/mol. The number of alkyl halides is 3. The second kappa shape index (κ2) is 8.67. The highest BCUT2D eigenvalue weighted by molar-refractivity contribution is 5.85. The number of aromatic hydroxyl groups is 2. The van der Waals surface area contributed by atoms with Crippen molar-refractivity contribution in [1.82, 2.24) is 10.2 Å². The number of phenols is 2. The first-order valence-electron chi connectivity index (χ1n) is 6.40. The summed E-state index contributed by atoms with van der Waals surface area (Å²) in [6, 6.07) is 2.78. The summed E-state index contributed by atoms with van der Waals surface area (Å²) in [5.74, 6) is -0.477. The van der Waals surface area contributed by atoms with Gasteiger partial charge in [0.1, 0.15) is 11.5 Å². The Balaban J connectivity index is 0.00000220. The van der Waals surface area contributed by atoms with Gasteiger partial charge in [-0.1, -0.05) is 6.07 Å². The number of phenolic OH excluding ortho intramolecular Hbond substituents is 2. The summed E-state index contributed by atoms with van der Waals surface area (Å²) >= 11 is 0. The normalized spacial score (nSPS) is 17.2. The molecule has 22 heavy (non-hydrogen) atoms. The number of halogens is 5. The van der Waals surface area contributed by atoms with Crippen LogP contribution < -0.4 is 5.32 Å². The lowest BCUT2D eigenvalue weighted by Crippen LogP contribution is -2.46. The van der Waals surface area contributed by atoms with E-state index < -0.39 is 18.6 Å². The largest absolute Gasteiger partial charge is 0.508 e. The average molecular weight is 363 g/mol. The molecule has 1 aromatic rings. The smallest absolute Gasteiger partial charge is 0.390 e. The second-order valence-corrected chi connectivity index (χ2v) is 4.86. The van der Waals surface area contributed by atoms with Crippen LogP contribution in [0.25, 0.3) is 0 Å². The van der Waals surface area contributed by atoms with Crippen LogP contribution in [0.5, 0.6) is 11.5 Å². The Morgan fingerprint density at radius 3 is 2.23 bits per heavy atom. The van der Waals surface area contributed by atoms with Crippen LogP contribution in [0.1, 0.15) is 18.0 Å². The van der Waals surface area contributed by atoms with E-state index in [1.54, 1.807) is 4.90 Å². The van der Waals surface area contributed by atoms with Crippen LogP contribution in [0.2, 0.25) is 0 Å². The molecule has 9 heteroatoms. The molecule has 0 bridgehead atoms. The molecule has 0 radical (unpaired) electrons. The summed E-state index contributed by atoms with van der Waals surface area (Å²) in [5, 5.41) is 22.2. The minimum atomic E-state index is -4.32. The number of nitrogens with one attached hydrogen (secondary N) is 1. The van der Waals surface area contributed by atoms with E-state index in [1.807, 2.05) is 0 Å². The third-order valence-electron chi connectivity index (χ3n) is 3.39. The second-order valence-electron chi connectivity index (χ2n) is 4.86. The molecule has 1 fully saturated rings. The lowest BCUT2D eigenvalue weighted by molar-refractivity contribution is -0.148. The Labute approximate surface area is 139 Å². The van der Waals surface area contributed by atoms with Crippen LogP contribution in [0.15, 0.2) is 18.2 Å². The predicted molar refractivity (Wildman–Crippen MR) is 82.1 cm³/mol. The lowest BCUT2D eigenvalue weighted by Gasteiger charge is -2.35. The van der Waals surface area contributed by atoms with E-state index in [4.69, 9.17) is 0 Å². The molecule has 1 saturated heterocycles. The Morgan fingerprint density at radius 1 is 1.14 bits per heavy atom. The fraction of sp³-hybridized carbons (Fsp3) is 0.538. The molecule has 4 nitrogen and oxygen atoms in total. The first-order chi connectivity index (χ1) is 9.37. The number of benzene rings is 1. The minimum Gasteiger partial charge on any atom is -0.508 e. The summed E-state index contributed by atoms with van der Waals surface area (Å²) in [5.41, 5.74) is 0.196. The van der Waals surface area contributed by atoms with Crippen molar-refractivity contribution < 1.29 is 23.4 Å². The Hall–Kier alpha value is -0.890. The summed E-state index contributed by atoms with van der Waals surface area (Å²) in [6.45, 7) is 2.21. The Bertz CT molecular complexity index is 469. The van der Waals surface area contributed by atoms with Crippen LogP contribution in [-0.4, -0.2) is 47.5 Å². The quantitative estimate of drug-likeness (QED) is 0.773. The monoisotopic (exact) mass is 362 g/mol. The maximum Gasteiger partial charge on any atom is 0.390 e. The van der Waals surface area contributed by atoms with Gasteiger partial charge in [-0.25, -0.2) is 0 Å². The maximum atomic E-state index is 12.8. The number of nitrogens with zero attached hydrogens (tertiary/aromatic N) is 1. The van der Waals surface area contributed by atoms with Crippen molar-refractivity contribution in [3.63, 3.8) is 0 Å². The maximum absolute atomic E-state index is 12.8. The fourth-order valence-corrected chi connectivity index (χ4v) is 2.46. The molecule has 1 aliphatic heterocycles.